The summed E-state index contributed by atoms with van der Waals surface area (Å²) in [5, 5.41) is 7.20. The van der Waals surface area contributed by atoms with Gasteiger partial charge >= 0.3 is 0 Å². The standard InChI is InChI=1S/C17H24N4O/c1-3-21-13-16(11-19-21)12-20(2)14-17(22)18-10-9-15-7-5-4-6-8-15/h4-8,11,13H,3,9-10,12,14H2,1-2H3,(H,18,22). The molecule has 2 rings (SSSR count). The summed E-state index contributed by atoms with van der Waals surface area (Å²) in [6.45, 7) is 4.72. The summed E-state index contributed by atoms with van der Waals surface area (Å²) in [5.74, 6) is 0.0568. The lowest BCUT2D eigenvalue weighted by atomic mass is 10.1. The normalized spacial score (nSPS) is 10.9. The van der Waals surface area contributed by atoms with Crippen LogP contribution in [-0.2, 0) is 24.3 Å². The zero-order chi connectivity index (χ0) is 15.8. The minimum absolute atomic E-state index is 0.0568. The summed E-state index contributed by atoms with van der Waals surface area (Å²) in [4.78, 5) is 13.9. The Balaban J connectivity index is 1.67. The van der Waals surface area contributed by atoms with E-state index in [1.54, 1.807) is 0 Å². The SMILES string of the molecule is CCn1cc(CN(C)CC(=O)NCCc2ccccc2)cn1. The van der Waals surface area contributed by atoms with E-state index >= 15 is 0 Å². The first-order chi connectivity index (χ1) is 10.7. The molecule has 1 heterocycles. The van der Waals surface area contributed by atoms with E-state index in [9.17, 15) is 4.79 Å². The van der Waals surface area contributed by atoms with Crippen LogP contribution in [0, 0.1) is 0 Å². The van der Waals surface area contributed by atoms with Crippen LogP contribution in [0.4, 0.5) is 0 Å². The molecule has 0 aliphatic carbocycles. The summed E-state index contributed by atoms with van der Waals surface area (Å²) >= 11 is 0. The number of benzene rings is 1. The molecule has 0 radical (unpaired) electrons. The molecule has 2 aromatic rings. The molecule has 1 aromatic heterocycles. The third-order valence-electron chi connectivity index (χ3n) is 3.46. The largest absolute Gasteiger partial charge is 0.355 e. The van der Waals surface area contributed by atoms with Crippen molar-refractivity contribution in [1.29, 1.82) is 0 Å². The highest BCUT2D eigenvalue weighted by molar-refractivity contribution is 5.77. The van der Waals surface area contributed by atoms with E-state index in [1.165, 1.54) is 5.56 Å². The highest BCUT2D eigenvalue weighted by Crippen LogP contribution is 2.02. The molecular weight excluding hydrogens is 276 g/mol. The van der Waals surface area contributed by atoms with Gasteiger partial charge in [0, 0.05) is 31.4 Å². The lowest BCUT2D eigenvalue weighted by Gasteiger charge is -2.15. The monoisotopic (exact) mass is 300 g/mol. The van der Waals surface area contributed by atoms with Crippen molar-refractivity contribution < 1.29 is 4.79 Å². The Morgan fingerprint density at radius 3 is 2.73 bits per heavy atom. The number of amides is 1. The van der Waals surface area contributed by atoms with Crippen molar-refractivity contribution >= 4 is 5.91 Å². The molecule has 0 bridgehead atoms. The molecule has 5 nitrogen and oxygen atoms in total. The Morgan fingerprint density at radius 2 is 2.05 bits per heavy atom. The molecule has 0 saturated carbocycles. The van der Waals surface area contributed by atoms with Crippen LogP contribution in [0.25, 0.3) is 0 Å². The van der Waals surface area contributed by atoms with Crippen molar-refractivity contribution in [3.8, 4) is 0 Å². The number of carbonyl (C=O) groups excluding carboxylic acids is 1. The van der Waals surface area contributed by atoms with Crippen LogP contribution in [0.5, 0.6) is 0 Å². The maximum atomic E-state index is 11.9. The van der Waals surface area contributed by atoms with E-state index in [1.807, 2.05) is 47.2 Å². The Bertz CT molecular complexity index is 579. The third kappa shape index (κ3) is 5.33. The quantitative estimate of drug-likeness (QED) is 0.807. The van der Waals surface area contributed by atoms with Crippen LogP contribution < -0.4 is 5.32 Å². The number of nitrogens with zero attached hydrogens (tertiary/aromatic N) is 3. The fourth-order valence-corrected chi connectivity index (χ4v) is 2.32. The molecule has 1 amide bonds. The topological polar surface area (TPSA) is 50.2 Å². The first-order valence-electron chi connectivity index (χ1n) is 7.68. The van der Waals surface area contributed by atoms with Gasteiger partial charge in [-0.05, 0) is 26.0 Å². The summed E-state index contributed by atoms with van der Waals surface area (Å²) < 4.78 is 1.89. The van der Waals surface area contributed by atoms with Gasteiger partial charge in [0.1, 0.15) is 0 Å². The van der Waals surface area contributed by atoms with Crippen LogP contribution >= 0.6 is 0 Å². The van der Waals surface area contributed by atoms with Gasteiger partial charge in [0.15, 0.2) is 0 Å². The van der Waals surface area contributed by atoms with E-state index < -0.39 is 0 Å². The van der Waals surface area contributed by atoms with Gasteiger partial charge in [0.05, 0.1) is 12.7 Å². The highest BCUT2D eigenvalue weighted by atomic mass is 16.2. The highest BCUT2D eigenvalue weighted by Gasteiger charge is 2.08. The van der Waals surface area contributed by atoms with Crippen molar-refractivity contribution in [2.24, 2.45) is 0 Å². The van der Waals surface area contributed by atoms with Crippen molar-refractivity contribution in [1.82, 2.24) is 20.0 Å². The van der Waals surface area contributed by atoms with Crippen molar-refractivity contribution in [3.05, 3.63) is 53.9 Å². The molecule has 0 unspecified atom stereocenters. The molecule has 5 heteroatoms. The van der Waals surface area contributed by atoms with Crippen LogP contribution in [0.2, 0.25) is 0 Å². The van der Waals surface area contributed by atoms with Gasteiger partial charge in [0.25, 0.3) is 0 Å². The van der Waals surface area contributed by atoms with E-state index in [2.05, 4.69) is 29.5 Å². The Kier molecular flexibility index (Phi) is 6.15. The number of aromatic nitrogens is 2. The number of aryl methyl sites for hydroxylation is 1. The Morgan fingerprint density at radius 1 is 1.27 bits per heavy atom. The number of hydrogen-bond donors (Lipinski definition) is 1. The average molecular weight is 300 g/mol. The van der Waals surface area contributed by atoms with Crippen molar-refractivity contribution in [3.63, 3.8) is 0 Å². The Hall–Kier alpha value is -2.14. The number of rotatable bonds is 8. The maximum absolute atomic E-state index is 11.9. The predicted molar refractivity (Wildman–Crippen MR) is 87.4 cm³/mol. The van der Waals surface area contributed by atoms with E-state index in [4.69, 9.17) is 0 Å². The van der Waals surface area contributed by atoms with Crippen LogP contribution in [0.3, 0.4) is 0 Å². The van der Waals surface area contributed by atoms with E-state index in [0.717, 1.165) is 25.1 Å². The fourth-order valence-electron chi connectivity index (χ4n) is 2.32. The second-order valence-electron chi connectivity index (χ2n) is 5.46. The second-order valence-corrected chi connectivity index (χ2v) is 5.46. The second kappa shape index (κ2) is 8.34. The van der Waals surface area contributed by atoms with Gasteiger partial charge in [-0.25, -0.2) is 0 Å². The lowest BCUT2D eigenvalue weighted by Crippen LogP contribution is -2.35. The van der Waals surface area contributed by atoms with Gasteiger partial charge in [-0.1, -0.05) is 30.3 Å². The number of likely N-dealkylation sites (N-methyl/N-ethyl adjacent to an activating group) is 1. The van der Waals surface area contributed by atoms with Gasteiger partial charge < -0.3 is 5.32 Å². The predicted octanol–water partition coefficient (Wildman–Crippen LogP) is 1.69. The number of carbonyl (C=O) groups is 1. The molecule has 0 spiro atoms. The van der Waals surface area contributed by atoms with Crippen molar-refractivity contribution in [2.75, 3.05) is 20.1 Å². The lowest BCUT2D eigenvalue weighted by molar-refractivity contribution is -0.122. The molecule has 22 heavy (non-hydrogen) atoms. The molecule has 1 N–H and O–H groups in total. The van der Waals surface area contributed by atoms with Gasteiger partial charge in [-0.2, -0.15) is 5.10 Å². The molecule has 0 aliphatic heterocycles. The zero-order valence-corrected chi connectivity index (χ0v) is 13.3. The minimum Gasteiger partial charge on any atom is -0.355 e. The third-order valence-corrected chi connectivity index (χ3v) is 3.46. The fraction of sp³-hybridized carbons (Fsp3) is 0.412. The summed E-state index contributed by atoms with van der Waals surface area (Å²) in [5.41, 5.74) is 2.37. The molecule has 0 aliphatic rings. The molecule has 0 saturated heterocycles. The molecule has 0 fully saturated rings. The molecular formula is C17H24N4O. The average Bonchev–Trinajstić information content (AvgIpc) is 2.95. The molecule has 0 atom stereocenters. The van der Waals surface area contributed by atoms with Crippen molar-refractivity contribution in [2.45, 2.75) is 26.4 Å². The number of hydrogen-bond acceptors (Lipinski definition) is 3. The van der Waals surface area contributed by atoms with E-state index in [-0.39, 0.29) is 5.91 Å². The first kappa shape index (κ1) is 16.2. The summed E-state index contributed by atoms with van der Waals surface area (Å²) in [6, 6.07) is 10.2. The summed E-state index contributed by atoms with van der Waals surface area (Å²) in [6.07, 6.45) is 4.73. The molecule has 118 valence electrons. The molecule has 1 aromatic carbocycles. The summed E-state index contributed by atoms with van der Waals surface area (Å²) in [7, 11) is 1.94. The van der Waals surface area contributed by atoms with Crippen LogP contribution in [0.15, 0.2) is 42.7 Å². The smallest absolute Gasteiger partial charge is 0.234 e. The van der Waals surface area contributed by atoms with Gasteiger partial charge in [0.2, 0.25) is 5.91 Å². The van der Waals surface area contributed by atoms with Gasteiger partial charge in [-0.3, -0.25) is 14.4 Å². The number of nitrogens with one attached hydrogen (secondary N) is 1. The maximum Gasteiger partial charge on any atom is 0.234 e. The zero-order valence-electron chi connectivity index (χ0n) is 13.3. The Labute approximate surface area is 131 Å². The minimum atomic E-state index is 0.0568. The van der Waals surface area contributed by atoms with E-state index in [0.29, 0.717) is 13.1 Å². The first-order valence-corrected chi connectivity index (χ1v) is 7.68. The van der Waals surface area contributed by atoms with Crippen LogP contribution in [0.1, 0.15) is 18.1 Å². The van der Waals surface area contributed by atoms with Gasteiger partial charge in [-0.15, -0.1) is 0 Å². The van der Waals surface area contributed by atoms with Crippen LogP contribution in [-0.4, -0.2) is 40.7 Å².